The summed E-state index contributed by atoms with van der Waals surface area (Å²) in [6.45, 7) is 0.116. The summed E-state index contributed by atoms with van der Waals surface area (Å²) in [5.74, 6) is -2.30. The van der Waals surface area contributed by atoms with E-state index in [9.17, 15) is 35.6 Å². The first-order chi connectivity index (χ1) is 17.2. The number of hydrogen-bond donors (Lipinski definition) is 2. The molecule has 2 atom stereocenters. The van der Waals surface area contributed by atoms with E-state index in [1.807, 2.05) is 0 Å². The number of halogens is 4. The van der Waals surface area contributed by atoms with Crippen LogP contribution in [0.4, 0.5) is 27.2 Å². The van der Waals surface area contributed by atoms with Crippen molar-refractivity contribution in [2.45, 2.75) is 44.3 Å². The van der Waals surface area contributed by atoms with E-state index >= 15 is 0 Å². The van der Waals surface area contributed by atoms with Gasteiger partial charge in [-0.2, -0.15) is 0 Å². The highest BCUT2D eigenvalue weighted by Crippen LogP contribution is 2.33. The largest absolute Gasteiger partial charge is 0.573 e. The number of nitrogens with zero attached hydrogens (tertiary/aromatic N) is 3. The molecule has 1 saturated carbocycles. The van der Waals surface area contributed by atoms with Gasteiger partial charge in [0.25, 0.3) is 0 Å². The number of carbonyl (C=O) groups excluding carboxylic acids is 2. The van der Waals surface area contributed by atoms with Crippen LogP contribution in [0.25, 0.3) is 0 Å². The number of nitrogens with one attached hydrogen (secondary N) is 2. The zero-order chi connectivity index (χ0) is 27.5. The fraction of sp³-hybridized carbons (Fsp3) is 0.636. The number of piperidine rings is 1. The Bertz CT molecular complexity index is 1100. The van der Waals surface area contributed by atoms with Crippen molar-refractivity contribution in [3.63, 3.8) is 0 Å². The molecule has 1 aromatic carbocycles. The Hall–Kier alpha value is -2.81. The molecule has 208 valence electrons. The van der Waals surface area contributed by atoms with Crippen LogP contribution >= 0.6 is 0 Å². The number of sulfonamides is 1. The molecule has 3 rings (SSSR count). The Morgan fingerprint density at radius 2 is 1.84 bits per heavy atom. The first-order valence-corrected chi connectivity index (χ1v) is 13.3. The summed E-state index contributed by atoms with van der Waals surface area (Å²) in [5, 5.41) is 5.14. The number of alkyl halides is 3. The van der Waals surface area contributed by atoms with Crippen molar-refractivity contribution in [2.24, 2.45) is 5.92 Å². The van der Waals surface area contributed by atoms with Crippen molar-refractivity contribution in [1.29, 1.82) is 0 Å². The molecule has 2 N–H and O–H groups in total. The third kappa shape index (κ3) is 7.84. The Morgan fingerprint density at radius 1 is 1.16 bits per heavy atom. The second-order valence-electron chi connectivity index (χ2n) is 9.37. The lowest BCUT2D eigenvalue weighted by atomic mass is 9.94. The number of carbonyl (C=O) groups is 2. The zero-order valence-corrected chi connectivity index (χ0v) is 21.5. The van der Waals surface area contributed by atoms with Gasteiger partial charge in [-0.15, -0.1) is 13.2 Å². The Kier molecular flexibility index (Phi) is 8.78. The van der Waals surface area contributed by atoms with Crippen LogP contribution in [0.1, 0.15) is 24.8 Å². The molecule has 1 aliphatic carbocycles. The van der Waals surface area contributed by atoms with E-state index < -0.39 is 52.0 Å². The predicted octanol–water partition coefficient (Wildman–Crippen LogP) is 2.32. The molecular formula is C22H31F4N5O5S. The van der Waals surface area contributed by atoms with Gasteiger partial charge in [0.2, 0.25) is 10.0 Å². The van der Waals surface area contributed by atoms with E-state index in [1.165, 1.54) is 26.0 Å². The lowest BCUT2D eigenvalue weighted by Gasteiger charge is -2.42. The van der Waals surface area contributed by atoms with E-state index in [2.05, 4.69) is 15.4 Å². The standard InChI is InChI=1S/C22H31F4N5O5S/c1-27-20(32)30-11-14(13-37(34,35)29(2)3)8-17(12-30)31(16-5-6-16)21(33)28-10-15-4-7-18(9-19(15)23)36-22(24,25)26/h4,7,9,14,16-17H,5-6,8,10-13H2,1-3H3,(H,27,32)(H,28,33)/t14?,17-/m1/s1. The van der Waals surface area contributed by atoms with E-state index in [1.54, 1.807) is 4.90 Å². The molecule has 0 radical (unpaired) electrons. The smallest absolute Gasteiger partial charge is 0.406 e. The molecule has 0 spiro atoms. The minimum Gasteiger partial charge on any atom is -0.406 e. The van der Waals surface area contributed by atoms with Gasteiger partial charge in [-0.05, 0) is 31.2 Å². The van der Waals surface area contributed by atoms with E-state index in [0.717, 1.165) is 29.3 Å². The molecule has 10 nitrogen and oxygen atoms in total. The van der Waals surface area contributed by atoms with Crippen molar-refractivity contribution in [2.75, 3.05) is 40.0 Å². The molecular weight excluding hydrogens is 522 g/mol. The van der Waals surface area contributed by atoms with Gasteiger partial charge < -0.3 is 25.2 Å². The molecule has 1 aliphatic heterocycles. The van der Waals surface area contributed by atoms with Crippen molar-refractivity contribution >= 4 is 22.1 Å². The van der Waals surface area contributed by atoms with E-state index in [0.29, 0.717) is 12.5 Å². The zero-order valence-electron chi connectivity index (χ0n) is 20.7. The second-order valence-corrected chi connectivity index (χ2v) is 11.6. The SMILES string of the molecule is CNC(=O)N1CC(CS(=O)(=O)N(C)C)C[C@@H](N(C(=O)NCc2ccc(OC(F)(F)F)cc2F)C2CC2)C1. The van der Waals surface area contributed by atoms with Crippen LogP contribution in [0.2, 0.25) is 0 Å². The van der Waals surface area contributed by atoms with E-state index in [4.69, 9.17) is 0 Å². The van der Waals surface area contributed by atoms with Crippen molar-refractivity contribution in [3.8, 4) is 5.75 Å². The van der Waals surface area contributed by atoms with Gasteiger partial charge in [-0.1, -0.05) is 6.07 Å². The molecule has 2 fully saturated rings. The fourth-order valence-electron chi connectivity index (χ4n) is 4.38. The van der Waals surface area contributed by atoms with Crippen LogP contribution in [-0.4, -0.2) is 93.0 Å². The van der Waals surface area contributed by atoms with Crippen molar-refractivity contribution in [3.05, 3.63) is 29.6 Å². The molecule has 15 heteroatoms. The lowest BCUT2D eigenvalue weighted by molar-refractivity contribution is -0.274. The molecule has 37 heavy (non-hydrogen) atoms. The van der Waals surface area contributed by atoms with Crippen molar-refractivity contribution < 1.29 is 40.3 Å². The topological polar surface area (TPSA) is 111 Å². The van der Waals surface area contributed by atoms with E-state index in [-0.39, 0.29) is 37.0 Å². The van der Waals surface area contributed by atoms with Gasteiger partial charge in [0.05, 0.1) is 11.8 Å². The third-order valence-corrected chi connectivity index (χ3v) is 8.28. The van der Waals surface area contributed by atoms with Crippen LogP contribution in [-0.2, 0) is 16.6 Å². The summed E-state index contributed by atoms with van der Waals surface area (Å²) < 4.78 is 81.2. The number of ether oxygens (including phenoxy) is 1. The summed E-state index contributed by atoms with van der Waals surface area (Å²) >= 11 is 0. The molecule has 1 aromatic rings. The maximum Gasteiger partial charge on any atom is 0.573 e. The Morgan fingerprint density at radius 3 is 2.38 bits per heavy atom. The van der Waals surface area contributed by atoms with Crippen LogP contribution in [0.15, 0.2) is 18.2 Å². The first kappa shape index (κ1) is 28.8. The van der Waals surface area contributed by atoms with Crippen LogP contribution in [0.5, 0.6) is 5.75 Å². The monoisotopic (exact) mass is 553 g/mol. The molecule has 1 heterocycles. The molecule has 1 unspecified atom stereocenters. The molecule has 4 amide bonds. The summed E-state index contributed by atoms with van der Waals surface area (Å²) in [6.07, 6.45) is -3.16. The summed E-state index contributed by atoms with van der Waals surface area (Å²) in [4.78, 5) is 28.6. The van der Waals surface area contributed by atoms with Crippen LogP contribution in [0, 0.1) is 11.7 Å². The average molecular weight is 554 g/mol. The van der Waals surface area contributed by atoms with Gasteiger partial charge >= 0.3 is 18.4 Å². The number of likely N-dealkylation sites (tertiary alicyclic amines) is 1. The van der Waals surface area contributed by atoms with Crippen molar-refractivity contribution in [1.82, 2.24) is 24.7 Å². The minimum atomic E-state index is -4.96. The second kappa shape index (κ2) is 11.3. The maximum atomic E-state index is 14.3. The first-order valence-electron chi connectivity index (χ1n) is 11.7. The van der Waals surface area contributed by atoms with Crippen LogP contribution < -0.4 is 15.4 Å². The van der Waals surface area contributed by atoms with Gasteiger partial charge in [-0.3, -0.25) is 0 Å². The molecule has 2 aliphatic rings. The average Bonchev–Trinajstić information content (AvgIpc) is 3.61. The molecule has 1 saturated heterocycles. The summed E-state index contributed by atoms with van der Waals surface area (Å²) in [7, 11) is 0.756. The number of amides is 4. The van der Waals surface area contributed by atoms with Gasteiger partial charge in [0.15, 0.2) is 0 Å². The molecule has 0 aromatic heterocycles. The number of rotatable bonds is 8. The third-order valence-electron chi connectivity index (χ3n) is 6.28. The highest BCUT2D eigenvalue weighted by molar-refractivity contribution is 7.89. The summed E-state index contributed by atoms with van der Waals surface area (Å²) in [5.41, 5.74) is -0.0378. The maximum absolute atomic E-state index is 14.3. The normalized spacial score (nSPS) is 20.5. The molecule has 0 bridgehead atoms. The van der Waals surface area contributed by atoms with Gasteiger partial charge in [-0.25, -0.2) is 26.7 Å². The number of benzene rings is 1. The van der Waals surface area contributed by atoms with Gasteiger partial charge in [0, 0.05) is 58.4 Å². The predicted molar refractivity (Wildman–Crippen MR) is 126 cm³/mol. The quantitative estimate of drug-likeness (QED) is 0.480. The highest BCUT2D eigenvalue weighted by Gasteiger charge is 2.42. The van der Waals surface area contributed by atoms with Gasteiger partial charge in [0.1, 0.15) is 11.6 Å². The Labute approximate surface area is 212 Å². The lowest BCUT2D eigenvalue weighted by Crippen LogP contribution is -2.58. The highest BCUT2D eigenvalue weighted by atomic mass is 32.2. The number of urea groups is 2. The number of hydrogen-bond acceptors (Lipinski definition) is 5. The van der Waals surface area contributed by atoms with Crippen LogP contribution in [0.3, 0.4) is 0 Å². The Balaban J connectivity index is 1.73. The minimum absolute atomic E-state index is 0.0378. The fourth-order valence-corrected chi connectivity index (χ4v) is 5.52. The summed E-state index contributed by atoms with van der Waals surface area (Å²) in [6, 6.07) is 1.11.